The summed E-state index contributed by atoms with van der Waals surface area (Å²) < 4.78 is 32.3. The predicted octanol–water partition coefficient (Wildman–Crippen LogP) is 10.8. The second kappa shape index (κ2) is 20.2. The van der Waals surface area contributed by atoms with E-state index in [1.165, 1.54) is 104 Å². The van der Waals surface area contributed by atoms with Gasteiger partial charge in [-0.2, -0.15) is 0 Å². The number of esters is 4. The Balaban J connectivity index is 0.000000135. The Hall–Kier alpha value is -2.20. The van der Waals surface area contributed by atoms with Gasteiger partial charge in [-0.3, -0.25) is 19.2 Å². The molecule has 18 atom stereocenters. The molecule has 10 nitrogen and oxygen atoms in total. The molecule has 362 valence electrons. The van der Waals surface area contributed by atoms with Crippen molar-refractivity contribution in [3.05, 3.63) is 0 Å². The maximum atomic E-state index is 13.1. The van der Waals surface area contributed by atoms with Gasteiger partial charge in [0.25, 0.3) is 0 Å². The molecule has 0 radical (unpaired) electrons. The lowest BCUT2D eigenvalue weighted by Crippen LogP contribution is -2.53. The minimum absolute atomic E-state index is 0.0136. The Morgan fingerprint density at radius 2 is 0.891 bits per heavy atom. The van der Waals surface area contributed by atoms with E-state index in [0.717, 1.165) is 103 Å². The molecule has 0 aromatic heterocycles. The highest BCUT2D eigenvalue weighted by Gasteiger charge is 2.65. The van der Waals surface area contributed by atoms with Crippen molar-refractivity contribution < 1.29 is 47.6 Å². The highest BCUT2D eigenvalue weighted by molar-refractivity contribution is 5.74. The van der Waals surface area contributed by atoms with Gasteiger partial charge in [-0.1, -0.05) is 27.7 Å². The van der Waals surface area contributed by atoms with E-state index in [-0.39, 0.29) is 65.7 Å². The summed E-state index contributed by atoms with van der Waals surface area (Å²) in [5.41, 5.74) is 0.0266. The van der Waals surface area contributed by atoms with Gasteiger partial charge in [0.15, 0.2) is 6.29 Å². The fraction of sp³-hybridized carbons (Fsp3) is 0.926. The predicted molar refractivity (Wildman–Crippen MR) is 243 cm³/mol. The topological polar surface area (TPSA) is 124 Å². The molecule has 10 heteroatoms. The van der Waals surface area contributed by atoms with Crippen LogP contribution in [0.1, 0.15) is 164 Å². The number of carbonyl (C=O) groups excluding carboxylic acids is 4. The monoisotopic (exact) mass is 895 g/mol. The van der Waals surface area contributed by atoms with Crippen LogP contribution < -0.4 is 0 Å². The molecule has 0 spiro atoms. The third kappa shape index (κ3) is 9.59. The van der Waals surface area contributed by atoms with Gasteiger partial charge < -0.3 is 28.4 Å². The molecular weight excluding hydrogens is 809 g/mol. The molecule has 0 aromatic rings. The summed E-state index contributed by atoms with van der Waals surface area (Å²) in [7, 11) is 2.82. The van der Waals surface area contributed by atoms with Crippen molar-refractivity contribution >= 4 is 23.9 Å². The standard InChI is InChI=1S/C25H36O3.C17H26O3.2C6H12O2/c1-13(28-25-10-14-4-15(11-25)6-16(5-14)12-25)27-24(26)21-9-19-8-20(21)23-18-3-2-17(7-18)22(19)23;1-3-19-9(2)20-17(18)14-8-12-7-13(14)16-11-5-4-10(6-11)15(12)16;2*1-4-5(2)6(7)8-3/h13-23H,2-12H2,1H3;9-16H,3-8H2,1-2H3;2*5H,4H2,1-3H3. The highest BCUT2D eigenvalue weighted by Crippen LogP contribution is 2.70. The molecular formula is C54H86O10. The van der Waals surface area contributed by atoms with Crippen LogP contribution in [0.25, 0.3) is 0 Å². The molecule has 18 unspecified atom stereocenters. The van der Waals surface area contributed by atoms with Gasteiger partial charge >= 0.3 is 23.9 Å². The van der Waals surface area contributed by atoms with E-state index in [1.807, 2.05) is 48.5 Å². The molecule has 12 aliphatic rings. The zero-order chi connectivity index (χ0) is 45.6. The number of ether oxygens (including phenoxy) is 6. The summed E-state index contributed by atoms with van der Waals surface area (Å²) in [6.07, 6.45) is 22.4. The van der Waals surface area contributed by atoms with Gasteiger partial charge in [0.2, 0.25) is 6.29 Å². The van der Waals surface area contributed by atoms with Crippen LogP contribution in [0, 0.1) is 112 Å². The smallest absolute Gasteiger partial charge is 0.311 e. The van der Waals surface area contributed by atoms with Crippen molar-refractivity contribution in [3.8, 4) is 0 Å². The van der Waals surface area contributed by atoms with E-state index in [9.17, 15) is 19.2 Å². The van der Waals surface area contributed by atoms with Gasteiger partial charge in [-0.05, 0) is 225 Å². The minimum atomic E-state index is -0.387. The van der Waals surface area contributed by atoms with Crippen molar-refractivity contribution in [1.82, 2.24) is 0 Å². The summed E-state index contributed by atoms with van der Waals surface area (Å²) in [6, 6.07) is 0. The first-order chi connectivity index (χ1) is 30.7. The van der Waals surface area contributed by atoms with Crippen LogP contribution in [0.2, 0.25) is 0 Å². The van der Waals surface area contributed by atoms with E-state index in [1.54, 1.807) is 0 Å². The average molecular weight is 895 g/mol. The first kappa shape index (κ1) is 48.3. The molecule has 12 fully saturated rings. The van der Waals surface area contributed by atoms with Gasteiger partial charge in [0.1, 0.15) is 0 Å². The van der Waals surface area contributed by atoms with E-state index >= 15 is 0 Å². The largest absolute Gasteiger partial charge is 0.469 e. The second-order valence-electron chi connectivity index (χ2n) is 23.3. The number of hydrogen-bond donors (Lipinski definition) is 0. The normalized spacial score (nSPS) is 44.2. The summed E-state index contributed by atoms with van der Waals surface area (Å²) >= 11 is 0. The van der Waals surface area contributed by atoms with Crippen LogP contribution in [-0.4, -0.2) is 62.9 Å². The zero-order valence-electron chi connectivity index (χ0n) is 41.1. The highest BCUT2D eigenvalue weighted by atomic mass is 16.7. The Morgan fingerprint density at radius 3 is 1.25 bits per heavy atom. The van der Waals surface area contributed by atoms with Crippen molar-refractivity contribution in [2.24, 2.45) is 112 Å². The van der Waals surface area contributed by atoms with E-state index in [4.69, 9.17) is 18.9 Å². The van der Waals surface area contributed by atoms with E-state index < -0.39 is 0 Å². The quantitative estimate of drug-likeness (QED) is 0.0809. The van der Waals surface area contributed by atoms with Gasteiger partial charge in [-0.25, -0.2) is 0 Å². The van der Waals surface area contributed by atoms with Crippen molar-refractivity contribution in [2.75, 3.05) is 20.8 Å². The first-order valence-corrected chi connectivity index (χ1v) is 26.6. The van der Waals surface area contributed by atoms with Gasteiger partial charge in [-0.15, -0.1) is 0 Å². The zero-order valence-corrected chi connectivity index (χ0v) is 41.1. The SMILES string of the molecule is CC(OC(=O)C1CC2CC1C1C3CCC(C3)C21)OC12CC3CC(CC(C3)C1)C2.CCC(C)C(=O)OC.CCC(C)C(=O)OC.CCOC(C)OC(=O)C1CC2CC1C1C3CCC(C3)C21. The third-order valence-corrected chi connectivity index (χ3v) is 19.9. The number of hydrogen-bond acceptors (Lipinski definition) is 10. The lowest BCUT2D eigenvalue weighted by molar-refractivity contribution is -0.247. The maximum Gasteiger partial charge on any atom is 0.311 e. The Morgan fingerprint density at radius 1 is 0.500 bits per heavy atom. The number of fused-ring (bicyclic) bond motifs is 18. The Bertz CT molecular complexity index is 1590. The molecule has 12 aliphatic carbocycles. The molecule has 64 heavy (non-hydrogen) atoms. The average Bonchev–Trinajstić information content (AvgIpc) is 4.14. The number of methoxy groups -OCH3 is 2. The van der Waals surface area contributed by atoms with Crippen molar-refractivity contribution in [1.29, 1.82) is 0 Å². The molecule has 0 aromatic carbocycles. The molecule has 12 rings (SSSR count). The molecule has 0 heterocycles. The fourth-order valence-electron chi connectivity index (χ4n) is 17.7. The van der Waals surface area contributed by atoms with Crippen LogP contribution in [0.15, 0.2) is 0 Å². The minimum Gasteiger partial charge on any atom is -0.469 e. The van der Waals surface area contributed by atoms with Crippen LogP contribution in [0.3, 0.4) is 0 Å². The van der Waals surface area contributed by atoms with E-state index in [2.05, 4.69) is 9.47 Å². The molecule has 0 amide bonds. The Kier molecular flexibility index (Phi) is 15.2. The van der Waals surface area contributed by atoms with Crippen molar-refractivity contribution in [3.63, 3.8) is 0 Å². The molecule has 0 aliphatic heterocycles. The molecule has 0 saturated heterocycles. The lowest BCUT2D eigenvalue weighted by atomic mass is 9.54. The van der Waals surface area contributed by atoms with Crippen LogP contribution in [-0.2, 0) is 47.6 Å². The third-order valence-electron chi connectivity index (χ3n) is 19.9. The first-order valence-electron chi connectivity index (χ1n) is 26.6. The summed E-state index contributed by atoms with van der Waals surface area (Å²) in [6.45, 7) is 14.0. The fourth-order valence-corrected chi connectivity index (χ4v) is 17.7. The number of carbonyl (C=O) groups is 4. The summed E-state index contributed by atoms with van der Waals surface area (Å²) in [5.74, 6) is 13.3. The van der Waals surface area contributed by atoms with Crippen LogP contribution >= 0.6 is 0 Å². The second-order valence-corrected chi connectivity index (χ2v) is 23.3. The summed E-state index contributed by atoms with van der Waals surface area (Å²) in [4.78, 5) is 46.6. The molecule has 12 saturated carbocycles. The molecule has 0 N–H and O–H groups in total. The summed E-state index contributed by atoms with van der Waals surface area (Å²) in [5, 5.41) is 0. The Labute approximate surface area is 385 Å². The number of rotatable bonds is 12. The van der Waals surface area contributed by atoms with Crippen molar-refractivity contribution in [2.45, 2.75) is 182 Å². The van der Waals surface area contributed by atoms with Crippen LogP contribution in [0.5, 0.6) is 0 Å². The van der Waals surface area contributed by atoms with Crippen LogP contribution in [0.4, 0.5) is 0 Å². The molecule has 12 bridgehead atoms. The maximum absolute atomic E-state index is 13.1. The van der Waals surface area contributed by atoms with Gasteiger partial charge in [0.05, 0.1) is 43.5 Å². The lowest BCUT2D eigenvalue weighted by Gasteiger charge is -2.56. The van der Waals surface area contributed by atoms with E-state index in [0.29, 0.717) is 18.4 Å². The van der Waals surface area contributed by atoms with Gasteiger partial charge in [0, 0.05) is 6.61 Å².